The van der Waals surface area contributed by atoms with Gasteiger partial charge in [-0.25, -0.2) is 0 Å². The number of benzene rings is 3. The highest BCUT2D eigenvalue weighted by atomic mass is 16.5. The van der Waals surface area contributed by atoms with E-state index in [-0.39, 0.29) is 12.7 Å². The van der Waals surface area contributed by atoms with Crippen LogP contribution in [0.15, 0.2) is 60.7 Å². The Hall–Kier alpha value is -2.56. The minimum absolute atomic E-state index is 0.134. The molecule has 1 aliphatic rings. The van der Waals surface area contributed by atoms with Gasteiger partial charge in [-0.2, -0.15) is 0 Å². The van der Waals surface area contributed by atoms with E-state index in [0.29, 0.717) is 12.0 Å². The van der Waals surface area contributed by atoms with Crippen LogP contribution in [0.1, 0.15) is 76.3 Å². The van der Waals surface area contributed by atoms with Gasteiger partial charge in [-0.15, -0.1) is 0 Å². The quantitative estimate of drug-likeness (QED) is 0.373. The van der Waals surface area contributed by atoms with E-state index < -0.39 is 5.54 Å². The molecule has 0 heterocycles. The highest BCUT2D eigenvalue weighted by molar-refractivity contribution is 5.90. The largest absolute Gasteiger partial charge is 0.490 e. The van der Waals surface area contributed by atoms with E-state index in [4.69, 9.17) is 15.2 Å². The van der Waals surface area contributed by atoms with Crippen molar-refractivity contribution < 1.29 is 14.6 Å². The molecule has 1 fully saturated rings. The molecule has 1 atom stereocenters. The van der Waals surface area contributed by atoms with Gasteiger partial charge in [-0.3, -0.25) is 0 Å². The van der Waals surface area contributed by atoms with Crippen molar-refractivity contribution in [1.82, 2.24) is 0 Å². The Labute approximate surface area is 204 Å². The van der Waals surface area contributed by atoms with Crippen LogP contribution in [0.25, 0.3) is 10.8 Å². The van der Waals surface area contributed by atoms with Crippen molar-refractivity contribution in [3.05, 3.63) is 71.8 Å². The minimum Gasteiger partial charge on any atom is -0.490 e. The first-order valence-electron chi connectivity index (χ1n) is 12.8. The number of aliphatic hydroxyl groups excluding tert-OH is 1. The molecule has 3 aromatic carbocycles. The molecule has 4 nitrogen and oxygen atoms in total. The van der Waals surface area contributed by atoms with E-state index in [1.54, 1.807) is 0 Å². The van der Waals surface area contributed by atoms with Crippen LogP contribution in [0.3, 0.4) is 0 Å². The second-order valence-electron chi connectivity index (χ2n) is 9.96. The predicted octanol–water partition coefficient (Wildman–Crippen LogP) is 6.68. The minimum atomic E-state index is -0.852. The maximum Gasteiger partial charge on any atom is 0.132 e. The molecule has 0 saturated heterocycles. The molecule has 4 rings (SSSR count). The molecule has 182 valence electrons. The molecule has 0 aliphatic heterocycles. The molecule has 4 heteroatoms. The van der Waals surface area contributed by atoms with Crippen molar-refractivity contribution in [2.45, 2.75) is 83.0 Å². The summed E-state index contributed by atoms with van der Waals surface area (Å²) in [5.74, 6) is 2.33. The smallest absolute Gasteiger partial charge is 0.132 e. The molecule has 3 aromatic rings. The van der Waals surface area contributed by atoms with Gasteiger partial charge < -0.3 is 20.3 Å². The number of hydrogen-bond acceptors (Lipinski definition) is 4. The SMILES string of the molecule is CCC(CC)Oc1ccc(C2CCC(Oc3c([C@@](C)(N)CO)ccc4ccccc34)CC2)cc1. The van der Waals surface area contributed by atoms with E-state index in [9.17, 15) is 5.11 Å². The van der Waals surface area contributed by atoms with Gasteiger partial charge in [0.25, 0.3) is 0 Å². The van der Waals surface area contributed by atoms with Crippen molar-refractivity contribution in [2.75, 3.05) is 6.61 Å². The molecule has 0 unspecified atom stereocenters. The van der Waals surface area contributed by atoms with Gasteiger partial charge in [0.15, 0.2) is 0 Å². The summed E-state index contributed by atoms with van der Waals surface area (Å²) in [7, 11) is 0. The van der Waals surface area contributed by atoms with Crippen LogP contribution < -0.4 is 15.2 Å². The number of fused-ring (bicyclic) bond motifs is 1. The number of aliphatic hydroxyl groups is 1. The first-order valence-corrected chi connectivity index (χ1v) is 12.8. The van der Waals surface area contributed by atoms with Crippen LogP contribution in [0.2, 0.25) is 0 Å². The first kappa shape index (κ1) is 24.6. The summed E-state index contributed by atoms with van der Waals surface area (Å²) >= 11 is 0. The molecule has 3 N–H and O–H groups in total. The second kappa shape index (κ2) is 10.8. The highest BCUT2D eigenvalue weighted by Gasteiger charge is 2.29. The van der Waals surface area contributed by atoms with Gasteiger partial charge in [0.2, 0.25) is 0 Å². The Morgan fingerprint density at radius 1 is 0.941 bits per heavy atom. The van der Waals surface area contributed by atoms with E-state index in [1.165, 1.54) is 5.56 Å². The third kappa shape index (κ3) is 5.39. The molecule has 1 aliphatic carbocycles. The van der Waals surface area contributed by atoms with Gasteiger partial charge in [-0.1, -0.05) is 62.4 Å². The number of nitrogens with two attached hydrogens (primary N) is 1. The van der Waals surface area contributed by atoms with Gasteiger partial charge in [-0.05, 0) is 74.4 Å². The lowest BCUT2D eigenvalue weighted by molar-refractivity contribution is 0.141. The summed E-state index contributed by atoms with van der Waals surface area (Å²) in [4.78, 5) is 0. The fraction of sp³-hybridized carbons (Fsp3) is 0.467. The van der Waals surface area contributed by atoms with Crippen molar-refractivity contribution >= 4 is 10.8 Å². The first-order chi connectivity index (χ1) is 16.4. The Balaban J connectivity index is 1.45. The fourth-order valence-corrected chi connectivity index (χ4v) is 5.05. The fourth-order valence-electron chi connectivity index (χ4n) is 5.05. The van der Waals surface area contributed by atoms with Crippen LogP contribution in [-0.2, 0) is 5.54 Å². The molecule has 0 bridgehead atoms. The average molecular weight is 462 g/mol. The maximum atomic E-state index is 9.92. The molecular weight excluding hydrogens is 422 g/mol. The van der Waals surface area contributed by atoms with E-state index in [2.05, 4.69) is 56.3 Å². The lowest BCUT2D eigenvalue weighted by Crippen LogP contribution is -2.38. The number of ether oxygens (including phenoxy) is 2. The zero-order chi connectivity index (χ0) is 24.1. The number of rotatable bonds is 9. The van der Waals surface area contributed by atoms with Crippen molar-refractivity contribution in [1.29, 1.82) is 0 Å². The monoisotopic (exact) mass is 461 g/mol. The van der Waals surface area contributed by atoms with Crippen molar-refractivity contribution in [3.8, 4) is 11.5 Å². The van der Waals surface area contributed by atoms with Gasteiger partial charge in [0.1, 0.15) is 11.5 Å². The van der Waals surface area contributed by atoms with Crippen LogP contribution in [0.4, 0.5) is 0 Å². The van der Waals surface area contributed by atoms with E-state index >= 15 is 0 Å². The highest BCUT2D eigenvalue weighted by Crippen LogP contribution is 2.40. The number of hydrogen-bond donors (Lipinski definition) is 2. The van der Waals surface area contributed by atoms with Crippen molar-refractivity contribution in [3.63, 3.8) is 0 Å². The molecule has 0 amide bonds. The third-order valence-corrected chi connectivity index (χ3v) is 7.35. The van der Waals surface area contributed by atoms with Gasteiger partial charge in [0, 0.05) is 10.9 Å². The zero-order valence-electron chi connectivity index (χ0n) is 20.8. The average Bonchev–Trinajstić information content (AvgIpc) is 2.88. The second-order valence-corrected chi connectivity index (χ2v) is 9.96. The normalized spacial score (nSPS) is 20.3. The molecule has 0 aromatic heterocycles. The van der Waals surface area contributed by atoms with Crippen LogP contribution in [0, 0.1) is 0 Å². The zero-order valence-corrected chi connectivity index (χ0v) is 20.8. The Morgan fingerprint density at radius 3 is 2.26 bits per heavy atom. The summed E-state index contributed by atoms with van der Waals surface area (Å²) in [5.41, 5.74) is 7.85. The van der Waals surface area contributed by atoms with Crippen molar-refractivity contribution in [2.24, 2.45) is 5.73 Å². The topological polar surface area (TPSA) is 64.7 Å². The van der Waals surface area contributed by atoms with Crippen LogP contribution in [-0.4, -0.2) is 23.9 Å². The standard InChI is InChI=1S/C30H39NO3/c1-4-24(5-2)33-25-15-10-21(11-16-25)22-12-17-26(18-13-22)34-29-27-9-7-6-8-23(27)14-19-28(29)30(3,31)20-32/h6-11,14-16,19,22,24,26,32H,4-5,12-13,17-18,20,31H2,1-3H3/t22?,26?,30-/m0/s1. The molecular formula is C30H39NO3. The van der Waals surface area contributed by atoms with Gasteiger partial charge >= 0.3 is 0 Å². The maximum absolute atomic E-state index is 9.92. The van der Waals surface area contributed by atoms with E-state index in [0.717, 1.165) is 66.4 Å². The predicted molar refractivity (Wildman–Crippen MR) is 140 cm³/mol. The van der Waals surface area contributed by atoms with Gasteiger partial charge in [0.05, 0.1) is 24.4 Å². The third-order valence-electron chi connectivity index (χ3n) is 7.35. The Kier molecular flexibility index (Phi) is 7.80. The lowest BCUT2D eigenvalue weighted by Gasteiger charge is -2.32. The Morgan fingerprint density at radius 2 is 1.62 bits per heavy atom. The summed E-state index contributed by atoms with van der Waals surface area (Å²) in [6, 6.07) is 21.0. The molecule has 0 spiro atoms. The Bertz CT molecular complexity index is 1060. The summed E-state index contributed by atoms with van der Waals surface area (Å²) in [6.45, 7) is 6.06. The van der Waals surface area contributed by atoms with E-state index in [1.807, 2.05) is 25.1 Å². The van der Waals surface area contributed by atoms with Crippen LogP contribution in [0.5, 0.6) is 11.5 Å². The lowest BCUT2D eigenvalue weighted by atomic mass is 9.82. The summed E-state index contributed by atoms with van der Waals surface area (Å²) < 4.78 is 12.7. The molecule has 0 radical (unpaired) electrons. The van der Waals surface area contributed by atoms with Crippen LogP contribution >= 0.6 is 0 Å². The molecule has 1 saturated carbocycles. The summed E-state index contributed by atoms with van der Waals surface area (Å²) in [6.07, 6.45) is 6.69. The molecule has 34 heavy (non-hydrogen) atoms. The summed E-state index contributed by atoms with van der Waals surface area (Å²) in [5, 5.41) is 12.1.